The molecule has 0 aromatic rings. The van der Waals surface area contributed by atoms with Crippen LogP contribution < -0.4 is 0 Å². The van der Waals surface area contributed by atoms with E-state index >= 15 is 0 Å². The molecule has 0 aromatic heterocycles. The lowest BCUT2D eigenvalue weighted by molar-refractivity contribution is 0.566. The van der Waals surface area contributed by atoms with Crippen LogP contribution in [0.4, 0.5) is 0 Å². The smallest absolute Gasteiger partial charge is 0.0351 e. The molecule has 0 fully saturated rings. The third-order valence-corrected chi connectivity index (χ3v) is 3.10. The van der Waals surface area contributed by atoms with Gasteiger partial charge in [-0.05, 0) is 19.3 Å². The summed E-state index contributed by atoms with van der Waals surface area (Å²) in [7, 11) is 0. The molecule has 0 aliphatic carbocycles. The molecule has 0 nitrogen and oxygen atoms in total. The van der Waals surface area contributed by atoms with E-state index < -0.39 is 0 Å². The number of hydrogen-bond acceptors (Lipinski definition) is 0. The second-order valence-electron chi connectivity index (χ2n) is 4.88. The quantitative estimate of drug-likeness (QED) is 0.271. The van der Waals surface area contributed by atoms with E-state index in [0.29, 0.717) is 0 Å². The highest BCUT2D eigenvalue weighted by atomic mass is 14.0. The molecule has 0 bridgehead atoms. The van der Waals surface area contributed by atoms with E-state index in [0.717, 1.165) is 0 Å². The van der Waals surface area contributed by atoms with E-state index in [-0.39, 0.29) is 0 Å². The summed E-state index contributed by atoms with van der Waals surface area (Å²) in [5, 5.41) is 0. The van der Waals surface area contributed by atoms with Gasteiger partial charge in [0.15, 0.2) is 0 Å². The Balaban J connectivity index is 2.93. The molecular weight excluding hydrogens is 192 g/mol. The fraction of sp³-hybridized carbons (Fsp3) is 0.875. The van der Waals surface area contributed by atoms with Crippen molar-refractivity contribution in [3.63, 3.8) is 0 Å². The first kappa shape index (κ1) is 15.7. The van der Waals surface area contributed by atoms with Crippen LogP contribution in [0.1, 0.15) is 90.9 Å². The van der Waals surface area contributed by atoms with Crippen molar-refractivity contribution in [2.45, 2.75) is 90.9 Å². The van der Waals surface area contributed by atoms with Crippen LogP contribution in [0.2, 0.25) is 0 Å². The Morgan fingerprint density at radius 1 is 0.500 bits per heavy atom. The minimum absolute atomic E-state index is 1.26. The van der Waals surface area contributed by atoms with Crippen molar-refractivity contribution < 1.29 is 0 Å². The highest BCUT2D eigenvalue weighted by Gasteiger charge is 1.90. The standard InChI is InChI=1S/C16H32/c1-3-5-7-9-11-13-15-16-14-12-10-8-6-4-2/h7,9H,3-6,8,10-16H2,1-2H3/b9-7-. The third kappa shape index (κ3) is 13.7. The van der Waals surface area contributed by atoms with Crippen molar-refractivity contribution in [3.8, 4) is 0 Å². The van der Waals surface area contributed by atoms with Crippen molar-refractivity contribution in [2.75, 3.05) is 0 Å². The molecule has 16 heavy (non-hydrogen) atoms. The minimum atomic E-state index is 1.26. The molecule has 0 amide bonds. The van der Waals surface area contributed by atoms with Gasteiger partial charge >= 0.3 is 0 Å². The summed E-state index contributed by atoms with van der Waals surface area (Å²) in [6.07, 6.45) is 21.5. The lowest BCUT2D eigenvalue weighted by Crippen LogP contribution is -1.80. The van der Waals surface area contributed by atoms with Gasteiger partial charge in [-0.25, -0.2) is 0 Å². The van der Waals surface area contributed by atoms with Crippen molar-refractivity contribution in [2.24, 2.45) is 0 Å². The van der Waals surface area contributed by atoms with E-state index in [9.17, 15) is 0 Å². The van der Waals surface area contributed by atoms with E-state index in [1.165, 1.54) is 77.0 Å². The van der Waals surface area contributed by atoms with Gasteiger partial charge < -0.3 is 0 Å². The zero-order valence-corrected chi connectivity index (χ0v) is 11.6. The fourth-order valence-corrected chi connectivity index (χ4v) is 1.98. The summed E-state index contributed by atoms with van der Waals surface area (Å²) in [4.78, 5) is 0. The van der Waals surface area contributed by atoms with Gasteiger partial charge in [0.2, 0.25) is 0 Å². The summed E-state index contributed by atoms with van der Waals surface area (Å²) in [5.41, 5.74) is 0. The molecule has 0 spiro atoms. The van der Waals surface area contributed by atoms with Crippen molar-refractivity contribution in [1.29, 1.82) is 0 Å². The van der Waals surface area contributed by atoms with Gasteiger partial charge in [-0.3, -0.25) is 0 Å². The summed E-state index contributed by atoms with van der Waals surface area (Å²) >= 11 is 0. The first-order valence-corrected chi connectivity index (χ1v) is 7.56. The van der Waals surface area contributed by atoms with Crippen LogP contribution in [-0.2, 0) is 0 Å². The third-order valence-electron chi connectivity index (χ3n) is 3.10. The van der Waals surface area contributed by atoms with E-state index in [1.807, 2.05) is 0 Å². The van der Waals surface area contributed by atoms with Crippen molar-refractivity contribution in [1.82, 2.24) is 0 Å². The molecule has 0 unspecified atom stereocenters. The Hall–Kier alpha value is -0.260. The Morgan fingerprint density at radius 2 is 1.00 bits per heavy atom. The molecule has 0 rings (SSSR count). The number of rotatable bonds is 12. The van der Waals surface area contributed by atoms with Crippen LogP contribution in [0.15, 0.2) is 12.2 Å². The number of hydrogen-bond donors (Lipinski definition) is 0. The molecular formula is C16H32. The zero-order valence-electron chi connectivity index (χ0n) is 11.6. The predicted molar refractivity (Wildman–Crippen MR) is 75.9 cm³/mol. The first-order valence-electron chi connectivity index (χ1n) is 7.56. The van der Waals surface area contributed by atoms with Gasteiger partial charge in [-0.15, -0.1) is 0 Å². The maximum absolute atomic E-state index is 2.37. The highest BCUT2D eigenvalue weighted by Crippen LogP contribution is 2.10. The van der Waals surface area contributed by atoms with Crippen LogP contribution in [0.5, 0.6) is 0 Å². The molecule has 0 radical (unpaired) electrons. The van der Waals surface area contributed by atoms with Gasteiger partial charge in [0, 0.05) is 0 Å². The highest BCUT2D eigenvalue weighted by molar-refractivity contribution is 4.80. The molecule has 0 saturated carbocycles. The first-order chi connectivity index (χ1) is 7.91. The molecule has 0 saturated heterocycles. The second-order valence-corrected chi connectivity index (χ2v) is 4.88. The molecule has 0 aromatic carbocycles. The van der Waals surface area contributed by atoms with E-state index in [2.05, 4.69) is 26.0 Å². The summed E-state index contributed by atoms with van der Waals surface area (Å²) < 4.78 is 0. The lowest BCUT2D eigenvalue weighted by Gasteiger charge is -2.00. The summed E-state index contributed by atoms with van der Waals surface area (Å²) in [6.45, 7) is 4.52. The monoisotopic (exact) mass is 224 g/mol. The van der Waals surface area contributed by atoms with Gasteiger partial charge in [-0.2, -0.15) is 0 Å². The van der Waals surface area contributed by atoms with Crippen LogP contribution in [-0.4, -0.2) is 0 Å². The molecule has 0 heterocycles. The van der Waals surface area contributed by atoms with E-state index in [1.54, 1.807) is 0 Å². The normalized spacial score (nSPS) is 11.4. The molecule has 0 heteroatoms. The second kappa shape index (κ2) is 14.7. The Kier molecular flexibility index (Phi) is 14.5. The van der Waals surface area contributed by atoms with Crippen molar-refractivity contribution in [3.05, 3.63) is 12.2 Å². The zero-order chi connectivity index (χ0) is 11.9. The average Bonchev–Trinajstić information content (AvgIpc) is 2.31. The lowest BCUT2D eigenvalue weighted by atomic mass is 10.1. The van der Waals surface area contributed by atoms with Gasteiger partial charge in [0.1, 0.15) is 0 Å². The number of allylic oxidation sites excluding steroid dienone is 2. The molecule has 0 atom stereocenters. The van der Waals surface area contributed by atoms with Gasteiger partial charge in [0.25, 0.3) is 0 Å². The average molecular weight is 224 g/mol. The van der Waals surface area contributed by atoms with Crippen LogP contribution in [0.3, 0.4) is 0 Å². The molecule has 0 N–H and O–H groups in total. The van der Waals surface area contributed by atoms with Crippen LogP contribution >= 0.6 is 0 Å². The SMILES string of the molecule is CCC/C=C\CCCCCCCCCCC. The summed E-state index contributed by atoms with van der Waals surface area (Å²) in [6, 6.07) is 0. The van der Waals surface area contributed by atoms with Gasteiger partial charge in [-0.1, -0.05) is 83.8 Å². The minimum Gasteiger partial charge on any atom is -0.0885 e. The topological polar surface area (TPSA) is 0 Å². The molecule has 96 valence electrons. The molecule has 0 aliphatic heterocycles. The van der Waals surface area contributed by atoms with E-state index in [4.69, 9.17) is 0 Å². The van der Waals surface area contributed by atoms with Crippen LogP contribution in [0, 0.1) is 0 Å². The maximum atomic E-state index is 2.37. The Morgan fingerprint density at radius 3 is 1.56 bits per heavy atom. The maximum Gasteiger partial charge on any atom is -0.0351 e. The Bertz CT molecular complexity index is 135. The molecule has 0 aliphatic rings. The van der Waals surface area contributed by atoms with Crippen molar-refractivity contribution >= 4 is 0 Å². The Labute approximate surface area is 104 Å². The predicted octanol–water partition coefficient (Wildman–Crippen LogP) is 6.26. The largest absolute Gasteiger partial charge is 0.0885 e. The fourth-order valence-electron chi connectivity index (χ4n) is 1.98. The summed E-state index contributed by atoms with van der Waals surface area (Å²) in [5.74, 6) is 0. The number of unbranched alkanes of at least 4 members (excludes halogenated alkanes) is 10. The van der Waals surface area contributed by atoms with Crippen LogP contribution in [0.25, 0.3) is 0 Å². The van der Waals surface area contributed by atoms with Gasteiger partial charge in [0.05, 0.1) is 0 Å².